The lowest BCUT2D eigenvalue weighted by molar-refractivity contribution is 0.210. The van der Waals surface area contributed by atoms with E-state index >= 15 is 0 Å². The van der Waals surface area contributed by atoms with E-state index in [2.05, 4.69) is 53.3 Å². The molecule has 0 aliphatic carbocycles. The first-order valence-electron chi connectivity index (χ1n) is 8.27. The van der Waals surface area contributed by atoms with Gasteiger partial charge in [-0.2, -0.15) is 0 Å². The van der Waals surface area contributed by atoms with Crippen molar-refractivity contribution in [2.45, 2.75) is 33.2 Å². The Balaban J connectivity index is 1.74. The third-order valence-corrected chi connectivity index (χ3v) is 4.77. The van der Waals surface area contributed by atoms with Gasteiger partial charge in [0.25, 0.3) is 0 Å². The van der Waals surface area contributed by atoms with Gasteiger partial charge in [-0.25, -0.2) is 0 Å². The number of hydrogen-bond donors (Lipinski definition) is 2. The van der Waals surface area contributed by atoms with E-state index in [0.29, 0.717) is 0 Å². The molecule has 1 aromatic carbocycles. The maximum atomic E-state index is 3.53. The molecule has 3 heteroatoms. The van der Waals surface area contributed by atoms with Crippen LogP contribution in [0.15, 0.2) is 24.3 Å². The summed E-state index contributed by atoms with van der Waals surface area (Å²) in [7, 11) is 0. The summed E-state index contributed by atoms with van der Waals surface area (Å²) < 4.78 is 0. The van der Waals surface area contributed by atoms with Crippen molar-refractivity contribution in [2.24, 2.45) is 5.92 Å². The molecule has 1 saturated heterocycles. The average Bonchev–Trinajstić information content (AvgIpc) is 2.83. The number of para-hydroxylation sites is 1. The number of aromatic nitrogens is 1. The van der Waals surface area contributed by atoms with Gasteiger partial charge in [-0.15, -0.1) is 0 Å². The molecular weight excluding hydrogens is 258 g/mol. The topological polar surface area (TPSA) is 31.1 Å². The highest BCUT2D eigenvalue weighted by atomic mass is 15.1. The zero-order chi connectivity index (χ0) is 14.7. The van der Waals surface area contributed by atoms with E-state index in [0.717, 1.165) is 19.0 Å². The van der Waals surface area contributed by atoms with Crippen molar-refractivity contribution in [1.29, 1.82) is 0 Å². The Morgan fingerprint density at radius 2 is 2.14 bits per heavy atom. The van der Waals surface area contributed by atoms with Crippen molar-refractivity contribution in [2.75, 3.05) is 26.2 Å². The molecule has 114 valence electrons. The van der Waals surface area contributed by atoms with E-state index < -0.39 is 0 Å². The lowest BCUT2D eigenvalue weighted by atomic mass is 9.98. The number of aromatic amines is 1. The molecule has 2 heterocycles. The molecule has 3 nitrogen and oxygen atoms in total. The summed E-state index contributed by atoms with van der Waals surface area (Å²) in [6.07, 6.45) is 2.70. The molecule has 2 aromatic rings. The van der Waals surface area contributed by atoms with E-state index in [1.807, 2.05) is 0 Å². The smallest absolute Gasteiger partial charge is 0.0459 e. The normalized spacial score (nSPS) is 19.5. The molecule has 21 heavy (non-hydrogen) atoms. The highest BCUT2D eigenvalue weighted by molar-refractivity contribution is 5.84. The van der Waals surface area contributed by atoms with Crippen LogP contribution in [0.3, 0.4) is 0 Å². The lowest BCUT2D eigenvalue weighted by Crippen LogP contribution is -2.38. The number of nitrogens with zero attached hydrogens (tertiary/aromatic N) is 1. The number of nitrogens with one attached hydrogen (secondary N) is 2. The molecule has 1 aromatic heterocycles. The molecule has 0 spiro atoms. The molecule has 0 radical (unpaired) electrons. The van der Waals surface area contributed by atoms with Crippen LogP contribution in [-0.2, 0) is 6.54 Å². The zero-order valence-corrected chi connectivity index (χ0v) is 13.3. The molecule has 1 fully saturated rings. The van der Waals surface area contributed by atoms with Crippen LogP contribution in [-0.4, -0.2) is 36.1 Å². The number of hydrogen-bond acceptors (Lipinski definition) is 2. The second kappa shape index (κ2) is 6.63. The second-order valence-corrected chi connectivity index (χ2v) is 6.31. The number of rotatable bonds is 5. The Morgan fingerprint density at radius 1 is 1.29 bits per heavy atom. The highest BCUT2D eigenvalue weighted by Crippen LogP contribution is 2.24. The van der Waals surface area contributed by atoms with Crippen LogP contribution in [0.5, 0.6) is 0 Å². The summed E-state index contributed by atoms with van der Waals surface area (Å²) in [6, 6.07) is 8.66. The standard InChI is InChI=1S/C18H27N3/c1-3-21(12-15-7-6-10-19-11-15)13-17-14(2)20-18-9-5-4-8-16(17)18/h4-5,8-9,15,19-20H,3,6-7,10-13H2,1-2H3. The van der Waals surface area contributed by atoms with Gasteiger partial charge in [-0.3, -0.25) is 4.90 Å². The SMILES string of the molecule is CCN(Cc1c(C)[nH]c2ccccc12)CC1CCCNC1. The number of fused-ring (bicyclic) bond motifs is 1. The molecular formula is C18H27N3. The molecule has 0 bridgehead atoms. The minimum Gasteiger partial charge on any atom is -0.358 e. The Labute approximate surface area is 127 Å². The van der Waals surface area contributed by atoms with Gasteiger partial charge in [0.15, 0.2) is 0 Å². The summed E-state index contributed by atoms with van der Waals surface area (Å²) in [6.45, 7) is 10.3. The van der Waals surface area contributed by atoms with Gasteiger partial charge >= 0.3 is 0 Å². The van der Waals surface area contributed by atoms with Crippen LogP contribution in [0.1, 0.15) is 31.0 Å². The first-order valence-corrected chi connectivity index (χ1v) is 8.27. The Kier molecular flexibility index (Phi) is 4.61. The minimum atomic E-state index is 0.809. The fourth-order valence-electron chi connectivity index (χ4n) is 3.51. The summed E-state index contributed by atoms with van der Waals surface area (Å²) in [5.74, 6) is 0.809. The Hall–Kier alpha value is -1.32. The van der Waals surface area contributed by atoms with Gasteiger partial charge in [-0.05, 0) is 56.9 Å². The summed E-state index contributed by atoms with van der Waals surface area (Å²) in [5, 5.41) is 4.92. The lowest BCUT2D eigenvalue weighted by Gasteiger charge is -2.29. The van der Waals surface area contributed by atoms with Crippen LogP contribution in [0.2, 0.25) is 0 Å². The summed E-state index contributed by atoms with van der Waals surface area (Å²) in [5.41, 5.74) is 4.05. The van der Waals surface area contributed by atoms with Crippen molar-refractivity contribution in [3.63, 3.8) is 0 Å². The summed E-state index contributed by atoms with van der Waals surface area (Å²) in [4.78, 5) is 6.12. The van der Waals surface area contributed by atoms with Crippen molar-refractivity contribution in [1.82, 2.24) is 15.2 Å². The van der Waals surface area contributed by atoms with E-state index in [1.165, 1.54) is 54.6 Å². The molecule has 0 saturated carbocycles. The third-order valence-electron chi connectivity index (χ3n) is 4.77. The third kappa shape index (κ3) is 3.30. The fraction of sp³-hybridized carbons (Fsp3) is 0.556. The number of aryl methyl sites for hydroxylation is 1. The molecule has 1 aliphatic heterocycles. The number of benzene rings is 1. The monoisotopic (exact) mass is 285 g/mol. The van der Waals surface area contributed by atoms with E-state index in [-0.39, 0.29) is 0 Å². The molecule has 1 unspecified atom stereocenters. The predicted octanol–water partition coefficient (Wildman–Crippen LogP) is 3.30. The van der Waals surface area contributed by atoms with E-state index in [4.69, 9.17) is 0 Å². The first-order chi connectivity index (χ1) is 10.3. The Morgan fingerprint density at radius 3 is 2.90 bits per heavy atom. The van der Waals surface area contributed by atoms with E-state index in [9.17, 15) is 0 Å². The Bertz CT molecular complexity index is 581. The second-order valence-electron chi connectivity index (χ2n) is 6.31. The molecule has 0 amide bonds. The van der Waals surface area contributed by atoms with Crippen molar-refractivity contribution in [3.05, 3.63) is 35.5 Å². The van der Waals surface area contributed by atoms with Crippen molar-refractivity contribution < 1.29 is 0 Å². The van der Waals surface area contributed by atoms with Crippen LogP contribution in [0.4, 0.5) is 0 Å². The van der Waals surface area contributed by atoms with Crippen molar-refractivity contribution in [3.8, 4) is 0 Å². The van der Waals surface area contributed by atoms with Crippen LogP contribution >= 0.6 is 0 Å². The average molecular weight is 285 g/mol. The summed E-state index contributed by atoms with van der Waals surface area (Å²) >= 11 is 0. The van der Waals surface area contributed by atoms with Gasteiger partial charge in [0.05, 0.1) is 0 Å². The maximum Gasteiger partial charge on any atom is 0.0459 e. The van der Waals surface area contributed by atoms with Crippen LogP contribution in [0, 0.1) is 12.8 Å². The van der Waals surface area contributed by atoms with Gasteiger partial charge in [0.2, 0.25) is 0 Å². The maximum absolute atomic E-state index is 3.53. The zero-order valence-electron chi connectivity index (χ0n) is 13.3. The minimum absolute atomic E-state index is 0.809. The number of piperidine rings is 1. The van der Waals surface area contributed by atoms with Gasteiger partial charge in [0, 0.05) is 29.7 Å². The van der Waals surface area contributed by atoms with Gasteiger partial charge in [0.1, 0.15) is 0 Å². The fourth-order valence-corrected chi connectivity index (χ4v) is 3.51. The van der Waals surface area contributed by atoms with Crippen LogP contribution < -0.4 is 5.32 Å². The quantitative estimate of drug-likeness (QED) is 0.883. The van der Waals surface area contributed by atoms with Gasteiger partial charge < -0.3 is 10.3 Å². The van der Waals surface area contributed by atoms with Gasteiger partial charge in [-0.1, -0.05) is 25.1 Å². The molecule has 1 atom stereocenters. The van der Waals surface area contributed by atoms with Crippen LogP contribution in [0.25, 0.3) is 10.9 Å². The predicted molar refractivity (Wildman–Crippen MR) is 89.6 cm³/mol. The largest absolute Gasteiger partial charge is 0.358 e. The molecule has 2 N–H and O–H groups in total. The number of H-pyrrole nitrogens is 1. The van der Waals surface area contributed by atoms with Crippen molar-refractivity contribution >= 4 is 10.9 Å². The molecule has 1 aliphatic rings. The van der Waals surface area contributed by atoms with E-state index in [1.54, 1.807) is 0 Å². The first kappa shape index (κ1) is 14.6. The molecule has 3 rings (SSSR count). The highest BCUT2D eigenvalue weighted by Gasteiger charge is 2.18.